The molecule has 9 rings (SSSR count). The number of thiophene rings is 1. The Morgan fingerprint density at radius 3 is 1.56 bits per heavy atom. The molecule has 0 radical (unpaired) electrons. The van der Waals surface area contributed by atoms with Crippen LogP contribution in [0, 0.1) is 6.92 Å². The van der Waals surface area contributed by atoms with Gasteiger partial charge in [0, 0.05) is 31.3 Å². The van der Waals surface area contributed by atoms with Crippen LogP contribution in [0.15, 0.2) is 182 Å². The van der Waals surface area contributed by atoms with Crippen molar-refractivity contribution < 1.29 is 0 Å². The van der Waals surface area contributed by atoms with Gasteiger partial charge in [-0.15, -0.1) is 11.3 Å². The summed E-state index contributed by atoms with van der Waals surface area (Å²) < 4.78 is 2.68. The lowest BCUT2D eigenvalue weighted by Gasteiger charge is -2.12. The molecule has 0 unspecified atom stereocenters. The van der Waals surface area contributed by atoms with E-state index < -0.39 is 0 Å². The van der Waals surface area contributed by atoms with Crippen molar-refractivity contribution in [2.24, 2.45) is 0 Å². The molecule has 9 aromatic rings. The molecule has 0 bridgehead atoms. The van der Waals surface area contributed by atoms with Gasteiger partial charge in [-0.05, 0) is 81.8 Å². The van der Waals surface area contributed by atoms with Crippen molar-refractivity contribution in [1.29, 1.82) is 0 Å². The lowest BCUT2D eigenvalue weighted by molar-refractivity contribution is 1.32. The van der Waals surface area contributed by atoms with Crippen molar-refractivity contribution in [2.45, 2.75) is 6.92 Å². The lowest BCUT2D eigenvalue weighted by atomic mass is 9.94. The van der Waals surface area contributed by atoms with E-state index in [4.69, 9.17) is 4.98 Å². The quantitative estimate of drug-likeness (QED) is 0.174. The highest BCUT2D eigenvalue weighted by Crippen LogP contribution is 2.41. The molecule has 0 spiro atoms. The van der Waals surface area contributed by atoms with Crippen LogP contribution in [0.3, 0.4) is 0 Å². The standard InChI is InChI=1S/C48H33NS/c1-32-20-22-36(23-21-32)46-31-41(30-45(49-46)35-10-3-2-4-11-35)39-14-7-12-37(28-39)33-24-26-34(27-25-33)38-13-8-15-40(29-38)42-17-9-18-44-43-16-5-6-19-47(43)50-48(42)44/h2-31H,1H3. The number of pyridine rings is 1. The number of hydrogen-bond donors (Lipinski definition) is 0. The van der Waals surface area contributed by atoms with E-state index in [1.807, 2.05) is 17.4 Å². The van der Waals surface area contributed by atoms with Gasteiger partial charge in [-0.2, -0.15) is 0 Å². The van der Waals surface area contributed by atoms with Crippen molar-refractivity contribution in [3.8, 4) is 67.0 Å². The fraction of sp³-hybridized carbons (Fsp3) is 0.0208. The monoisotopic (exact) mass is 655 g/mol. The maximum Gasteiger partial charge on any atom is 0.0715 e. The van der Waals surface area contributed by atoms with Gasteiger partial charge >= 0.3 is 0 Å². The van der Waals surface area contributed by atoms with E-state index in [0.717, 1.165) is 28.1 Å². The Morgan fingerprint density at radius 1 is 0.360 bits per heavy atom. The third-order valence-corrected chi connectivity index (χ3v) is 10.8. The van der Waals surface area contributed by atoms with Gasteiger partial charge in [-0.25, -0.2) is 4.98 Å². The number of fused-ring (bicyclic) bond motifs is 3. The topological polar surface area (TPSA) is 12.9 Å². The Morgan fingerprint density at radius 2 is 0.860 bits per heavy atom. The highest BCUT2D eigenvalue weighted by Gasteiger charge is 2.12. The number of rotatable bonds is 6. The van der Waals surface area contributed by atoms with Crippen molar-refractivity contribution >= 4 is 31.5 Å². The minimum atomic E-state index is 0.972. The van der Waals surface area contributed by atoms with E-state index in [-0.39, 0.29) is 0 Å². The summed E-state index contributed by atoms with van der Waals surface area (Å²) in [4.78, 5) is 5.10. The minimum absolute atomic E-state index is 0.972. The molecular formula is C48H33NS. The van der Waals surface area contributed by atoms with Gasteiger partial charge in [0.05, 0.1) is 11.4 Å². The van der Waals surface area contributed by atoms with Crippen molar-refractivity contribution in [3.05, 3.63) is 188 Å². The predicted molar refractivity (Wildman–Crippen MR) is 214 cm³/mol. The highest BCUT2D eigenvalue weighted by molar-refractivity contribution is 7.26. The van der Waals surface area contributed by atoms with E-state index in [9.17, 15) is 0 Å². The molecule has 0 aliphatic heterocycles. The zero-order valence-electron chi connectivity index (χ0n) is 27.7. The second kappa shape index (κ2) is 12.7. The smallest absolute Gasteiger partial charge is 0.0715 e. The van der Waals surface area contributed by atoms with Gasteiger partial charge < -0.3 is 0 Å². The maximum atomic E-state index is 5.10. The second-order valence-electron chi connectivity index (χ2n) is 12.9. The molecule has 2 heterocycles. The Labute approximate surface area is 296 Å². The van der Waals surface area contributed by atoms with Crippen LogP contribution in [-0.4, -0.2) is 4.98 Å². The summed E-state index contributed by atoms with van der Waals surface area (Å²) >= 11 is 1.88. The first-order valence-electron chi connectivity index (χ1n) is 17.0. The number of aromatic nitrogens is 1. The molecule has 2 aromatic heterocycles. The molecule has 7 aromatic carbocycles. The third kappa shape index (κ3) is 5.70. The first-order valence-corrected chi connectivity index (χ1v) is 17.8. The number of aryl methyl sites for hydroxylation is 1. The van der Waals surface area contributed by atoms with E-state index in [1.54, 1.807) is 0 Å². The van der Waals surface area contributed by atoms with Crippen molar-refractivity contribution in [3.63, 3.8) is 0 Å². The normalized spacial score (nSPS) is 11.3. The van der Waals surface area contributed by atoms with Crippen LogP contribution in [0.2, 0.25) is 0 Å². The molecule has 0 N–H and O–H groups in total. The molecular weight excluding hydrogens is 623 g/mol. The van der Waals surface area contributed by atoms with Crippen LogP contribution in [-0.2, 0) is 0 Å². The summed E-state index contributed by atoms with van der Waals surface area (Å²) in [6.45, 7) is 2.12. The predicted octanol–water partition coefficient (Wildman–Crippen LogP) is 13.8. The molecule has 50 heavy (non-hydrogen) atoms. The number of hydrogen-bond acceptors (Lipinski definition) is 2. The number of nitrogens with zero attached hydrogens (tertiary/aromatic N) is 1. The zero-order chi connectivity index (χ0) is 33.4. The third-order valence-electron chi connectivity index (χ3n) is 9.57. The molecule has 0 aliphatic carbocycles. The molecule has 236 valence electrons. The summed E-state index contributed by atoms with van der Waals surface area (Å²) in [5, 5.41) is 2.66. The Bertz CT molecular complexity index is 2630. The van der Waals surface area contributed by atoms with E-state index >= 15 is 0 Å². The van der Waals surface area contributed by atoms with Crippen molar-refractivity contribution in [2.75, 3.05) is 0 Å². The molecule has 0 saturated carbocycles. The van der Waals surface area contributed by atoms with Gasteiger partial charge in [0.15, 0.2) is 0 Å². The Kier molecular flexibility index (Phi) is 7.65. The first kappa shape index (κ1) is 30.0. The molecule has 2 heteroatoms. The molecule has 0 atom stereocenters. The first-order chi connectivity index (χ1) is 24.7. The summed E-state index contributed by atoms with van der Waals surface area (Å²) in [5.74, 6) is 0. The minimum Gasteiger partial charge on any atom is -0.248 e. The maximum absolute atomic E-state index is 5.10. The van der Waals surface area contributed by atoms with E-state index in [2.05, 4.69) is 183 Å². The van der Waals surface area contributed by atoms with Crippen LogP contribution in [0.5, 0.6) is 0 Å². The van der Waals surface area contributed by atoms with Crippen LogP contribution < -0.4 is 0 Å². The van der Waals surface area contributed by atoms with Crippen LogP contribution >= 0.6 is 11.3 Å². The van der Waals surface area contributed by atoms with Gasteiger partial charge in [0.2, 0.25) is 0 Å². The van der Waals surface area contributed by atoms with E-state index in [1.165, 1.54) is 64.7 Å². The van der Waals surface area contributed by atoms with Crippen molar-refractivity contribution in [1.82, 2.24) is 4.98 Å². The van der Waals surface area contributed by atoms with Crippen LogP contribution in [0.4, 0.5) is 0 Å². The summed E-state index contributed by atoms with van der Waals surface area (Å²) in [5.41, 5.74) is 15.1. The summed E-state index contributed by atoms with van der Waals surface area (Å²) in [7, 11) is 0. The Balaban J connectivity index is 1.05. The Hall–Kier alpha value is -6.09. The lowest BCUT2D eigenvalue weighted by Crippen LogP contribution is -1.91. The van der Waals surface area contributed by atoms with Crippen LogP contribution in [0.1, 0.15) is 5.56 Å². The molecule has 0 fully saturated rings. The average molecular weight is 656 g/mol. The highest BCUT2D eigenvalue weighted by atomic mass is 32.1. The molecule has 0 saturated heterocycles. The van der Waals surface area contributed by atoms with Gasteiger partial charge in [-0.3, -0.25) is 0 Å². The average Bonchev–Trinajstić information content (AvgIpc) is 3.58. The summed E-state index contributed by atoms with van der Waals surface area (Å²) in [6, 6.07) is 65.7. The number of benzene rings is 7. The van der Waals surface area contributed by atoms with E-state index in [0.29, 0.717) is 0 Å². The van der Waals surface area contributed by atoms with Gasteiger partial charge in [0.25, 0.3) is 0 Å². The summed E-state index contributed by atoms with van der Waals surface area (Å²) in [6.07, 6.45) is 0. The second-order valence-corrected chi connectivity index (χ2v) is 13.9. The molecule has 1 nitrogen and oxygen atoms in total. The molecule has 0 amide bonds. The molecule has 0 aliphatic rings. The zero-order valence-corrected chi connectivity index (χ0v) is 28.5. The SMILES string of the molecule is Cc1ccc(-c2cc(-c3cccc(-c4ccc(-c5cccc(-c6cccc7c6sc6ccccc67)c5)cc4)c3)cc(-c3ccccc3)n2)cc1. The fourth-order valence-electron chi connectivity index (χ4n) is 6.90. The van der Waals surface area contributed by atoms with Gasteiger partial charge in [-0.1, -0.05) is 157 Å². The van der Waals surface area contributed by atoms with Gasteiger partial charge in [0.1, 0.15) is 0 Å². The largest absolute Gasteiger partial charge is 0.248 e. The van der Waals surface area contributed by atoms with Crippen LogP contribution in [0.25, 0.3) is 87.2 Å². The fourth-order valence-corrected chi connectivity index (χ4v) is 8.14.